The van der Waals surface area contributed by atoms with Crippen LogP contribution in [-0.4, -0.2) is 16.1 Å². The molecule has 0 spiro atoms. The van der Waals surface area contributed by atoms with E-state index in [-0.39, 0.29) is 10.6 Å². The molecule has 1 aromatic heterocycles. The Morgan fingerprint density at radius 3 is 2.74 bits per heavy atom. The monoisotopic (exact) mass is 341 g/mol. The maximum Gasteiger partial charge on any atom is 0.335 e. The molecule has 0 aliphatic rings. The fraction of sp³-hybridized carbons (Fsp3) is 0.0769. The molecular formula is C13H9BrClNO3. The van der Waals surface area contributed by atoms with Gasteiger partial charge < -0.3 is 9.84 Å². The van der Waals surface area contributed by atoms with E-state index in [0.717, 1.165) is 5.56 Å². The van der Waals surface area contributed by atoms with E-state index >= 15 is 0 Å². The summed E-state index contributed by atoms with van der Waals surface area (Å²) in [4.78, 5) is 14.9. The largest absolute Gasteiger partial charge is 0.478 e. The number of nitrogens with zero attached hydrogens (tertiary/aromatic N) is 1. The molecule has 0 fully saturated rings. The zero-order valence-corrected chi connectivity index (χ0v) is 12.2. The zero-order valence-electron chi connectivity index (χ0n) is 9.85. The van der Waals surface area contributed by atoms with E-state index in [0.29, 0.717) is 16.1 Å². The molecule has 0 bridgehead atoms. The van der Waals surface area contributed by atoms with Gasteiger partial charge in [-0.25, -0.2) is 9.78 Å². The molecule has 0 aliphatic heterocycles. The predicted molar refractivity (Wildman–Crippen MR) is 75.2 cm³/mol. The maximum absolute atomic E-state index is 10.8. The van der Waals surface area contributed by atoms with Crippen molar-refractivity contribution in [3.63, 3.8) is 0 Å². The molecule has 0 unspecified atom stereocenters. The summed E-state index contributed by atoms with van der Waals surface area (Å²) in [5, 5.41) is 9.06. The van der Waals surface area contributed by atoms with Crippen molar-refractivity contribution in [2.75, 3.05) is 0 Å². The topological polar surface area (TPSA) is 59.4 Å². The van der Waals surface area contributed by atoms with Crippen LogP contribution in [0.25, 0.3) is 0 Å². The van der Waals surface area contributed by atoms with Crippen LogP contribution in [0.5, 0.6) is 11.6 Å². The minimum absolute atomic E-state index is 0.105. The van der Waals surface area contributed by atoms with Gasteiger partial charge in [0.1, 0.15) is 5.75 Å². The molecule has 98 valence electrons. The van der Waals surface area contributed by atoms with Crippen LogP contribution in [0.4, 0.5) is 0 Å². The third-order valence-electron chi connectivity index (χ3n) is 2.33. The lowest BCUT2D eigenvalue weighted by atomic mass is 10.2. The van der Waals surface area contributed by atoms with Crippen molar-refractivity contribution in [3.8, 4) is 11.6 Å². The average molecular weight is 343 g/mol. The molecule has 0 radical (unpaired) electrons. The maximum atomic E-state index is 10.8. The average Bonchev–Trinajstić information content (AvgIpc) is 2.34. The molecule has 1 N–H and O–H groups in total. The van der Waals surface area contributed by atoms with Crippen molar-refractivity contribution in [3.05, 3.63) is 51.1 Å². The Morgan fingerprint density at radius 2 is 2.16 bits per heavy atom. The Bertz CT molecular complexity index is 646. The molecule has 2 aromatic rings. The molecule has 0 saturated carbocycles. The highest BCUT2D eigenvalue weighted by molar-refractivity contribution is 9.10. The van der Waals surface area contributed by atoms with Crippen LogP contribution in [0.3, 0.4) is 0 Å². The quantitative estimate of drug-likeness (QED) is 0.903. The Kier molecular flexibility index (Phi) is 4.07. The second-order valence-corrected chi connectivity index (χ2v) is 5.11. The van der Waals surface area contributed by atoms with Gasteiger partial charge in [-0.1, -0.05) is 11.6 Å². The minimum atomic E-state index is -1.04. The van der Waals surface area contributed by atoms with E-state index in [1.807, 2.05) is 13.0 Å². The molecule has 2 rings (SSSR count). The number of aryl methyl sites for hydroxylation is 1. The molecule has 0 saturated heterocycles. The first-order valence-electron chi connectivity index (χ1n) is 5.30. The summed E-state index contributed by atoms with van der Waals surface area (Å²) < 4.78 is 6.25. The van der Waals surface area contributed by atoms with Gasteiger partial charge in [0.2, 0.25) is 5.88 Å². The summed E-state index contributed by atoms with van der Waals surface area (Å²) in [6, 6.07) is 6.12. The van der Waals surface area contributed by atoms with Crippen LogP contribution in [0.15, 0.2) is 34.9 Å². The van der Waals surface area contributed by atoms with Crippen molar-refractivity contribution in [2.24, 2.45) is 0 Å². The summed E-state index contributed by atoms with van der Waals surface area (Å²) in [6.07, 6.45) is 1.67. The Balaban J connectivity index is 2.31. The number of hydrogen-bond acceptors (Lipinski definition) is 3. The van der Waals surface area contributed by atoms with Crippen LogP contribution in [-0.2, 0) is 0 Å². The van der Waals surface area contributed by atoms with Gasteiger partial charge in [-0.15, -0.1) is 0 Å². The number of carboxylic acids is 1. The number of halogens is 2. The highest BCUT2D eigenvalue weighted by Gasteiger charge is 2.11. The van der Waals surface area contributed by atoms with Gasteiger partial charge in [0.25, 0.3) is 0 Å². The molecule has 19 heavy (non-hydrogen) atoms. The smallest absolute Gasteiger partial charge is 0.335 e. The first-order valence-corrected chi connectivity index (χ1v) is 6.47. The summed E-state index contributed by atoms with van der Waals surface area (Å²) in [5.41, 5.74) is 1.10. The van der Waals surface area contributed by atoms with Crippen molar-refractivity contribution < 1.29 is 14.6 Å². The molecule has 4 nitrogen and oxygen atoms in total. The molecular weight excluding hydrogens is 334 g/mol. The second kappa shape index (κ2) is 5.59. The van der Waals surface area contributed by atoms with Crippen molar-refractivity contribution >= 4 is 33.5 Å². The van der Waals surface area contributed by atoms with Gasteiger partial charge in [0, 0.05) is 6.20 Å². The van der Waals surface area contributed by atoms with Gasteiger partial charge >= 0.3 is 5.97 Å². The zero-order chi connectivity index (χ0) is 14.0. The van der Waals surface area contributed by atoms with Crippen LogP contribution in [0, 0.1) is 6.92 Å². The van der Waals surface area contributed by atoms with E-state index < -0.39 is 5.97 Å². The summed E-state index contributed by atoms with van der Waals surface area (Å²) in [5.74, 6) is -0.317. The van der Waals surface area contributed by atoms with E-state index in [2.05, 4.69) is 20.9 Å². The normalized spacial score (nSPS) is 10.3. The fourth-order valence-corrected chi connectivity index (χ4v) is 2.18. The highest BCUT2D eigenvalue weighted by atomic mass is 79.9. The predicted octanol–water partition coefficient (Wildman–Crippen LogP) is 4.30. The highest BCUT2D eigenvalue weighted by Crippen LogP contribution is 2.33. The van der Waals surface area contributed by atoms with Gasteiger partial charge in [0.15, 0.2) is 0 Å². The van der Waals surface area contributed by atoms with E-state index in [9.17, 15) is 4.79 Å². The van der Waals surface area contributed by atoms with Crippen molar-refractivity contribution in [2.45, 2.75) is 6.92 Å². The first-order chi connectivity index (χ1) is 8.97. The summed E-state index contributed by atoms with van der Waals surface area (Å²) >= 11 is 9.32. The standard InChI is InChI=1S/C13H9BrClNO3/c1-7-4-9(14)12(16-6-7)19-11-3-2-8(13(17)18)5-10(11)15/h2-6H,1H3,(H,17,18). The number of pyridine rings is 1. The van der Waals surface area contributed by atoms with E-state index in [4.69, 9.17) is 21.4 Å². The molecule has 0 atom stereocenters. The first kappa shape index (κ1) is 13.8. The molecule has 0 amide bonds. The van der Waals surface area contributed by atoms with Crippen molar-refractivity contribution in [1.29, 1.82) is 0 Å². The third-order valence-corrected chi connectivity index (χ3v) is 3.19. The SMILES string of the molecule is Cc1cnc(Oc2ccc(C(=O)O)cc2Cl)c(Br)c1. The lowest BCUT2D eigenvalue weighted by Crippen LogP contribution is -1.97. The fourth-order valence-electron chi connectivity index (χ4n) is 1.42. The van der Waals surface area contributed by atoms with E-state index in [1.54, 1.807) is 6.20 Å². The van der Waals surface area contributed by atoms with Gasteiger partial charge in [0.05, 0.1) is 15.1 Å². The van der Waals surface area contributed by atoms with Gasteiger partial charge in [-0.2, -0.15) is 0 Å². The Morgan fingerprint density at radius 1 is 1.42 bits per heavy atom. The number of carboxylic acid groups (broad SMARTS) is 1. The number of aromatic nitrogens is 1. The summed E-state index contributed by atoms with van der Waals surface area (Å²) in [6.45, 7) is 1.91. The third kappa shape index (κ3) is 3.24. The molecule has 1 aromatic carbocycles. The number of aromatic carboxylic acids is 1. The number of rotatable bonds is 3. The number of carbonyl (C=O) groups is 1. The number of ether oxygens (including phenoxy) is 1. The van der Waals surface area contributed by atoms with Crippen LogP contribution in [0.1, 0.15) is 15.9 Å². The lowest BCUT2D eigenvalue weighted by molar-refractivity contribution is 0.0697. The van der Waals surface area contributed by atoms with Crippen LogP contribution in [0.2, 0.25) is 5.02 Å². The van der Waals surface area contributed by atoms with Crippen LogP contribution < -0.4 is 4.74 Å². The number of benzene rings is 1. The molecule has 0 aliphatic carbocycles. The molecule has 6 heteroatoms. The Labute approximate surface area is 123 Å². The van der Waals surface area contributed by atoms with Crippen molar-refractivity contribution in [1.82, 2.24) is 4.98 Å². The summed E-state index contributed by atoms with van der Waals surface area (Å²) in [7, 11) is 0. The Hall–Kier alpha value is -1.59. The molecule has 1 heterocycles. The van der Waals surface area contributed by atoms with E-state index in [1.165, 1.54) is 18.2 Å². The second-order valence-electron chi connectivity index (χ2n) is 3.85. The lowest BCUT2D eigenvalue weighted by Gasteiger charge is -2.09. The van der Waals surface area contributed by atoms with Crippen LogP contribution >= 0.6 is 27.5 Å². The van der Waals surface area contributed by atoms with Gasteiger partial charge in [-0.3, -0.25) is 0 Å². The number of hydrogen-bond donors (Lipinski definition) is 1. The van der Waals surface area contributed by atoms with Gasteiger partial charge in [-0.05, 0) is 52.7 Å². The minimum Gasteiger partial charge on any atom is -0.478 e.